The molecule has 5 heteroatoms. The van der Waals surface area contributed by atoms with E-state index in [1.807, 2.05) is 12.1 Å². The Bertz CT molecular complexity index is 797. The van der Waals surface area contributed by atoms with Crippen LogP contribution in [-0.4, -0.2) is 18.4 Å². The second kappa shape index (κ2) is 6.59. The summed E-state index contributed by atoms with van der Waals surface area (Å²) in [4.78, 5) is 26.0. The van der Waals surface area contributed by atoms with Gasteiger partial charge in [-0.15, -0.1) is 0 Å². The predicted molar refractivity (Wildman–Crippen MR) is 96.0 cm³/mol. The maximum Gasteiger partial charge on any atom is 0.269 e. The Kier molecular flexibility index (Phi) is 4.14. The van der Waals surface area contributed by atoms with E-state index < -0.39 is 0 Å². The maximum absolute atomic E-state index is 12.1. The predicted octanol–water partition coefficient (Wildman–Crippen LogP) is 2.42. The third-order valence-corrected chi connectivity index (χ3v) is 4.82. The van der Waals surface area contributed by atoms with Crippen molar-refractivity contribution in [1.29, 1.82) is 0 Å². The number of amides is 2. The molecule has 0 atom stereocenters. The molecule has 1 heterocycles. The van der Waals surface area contributed by atoms with Gasteiger partial charge in [0.15, 0.2) is 0 Å². The van der Waals surface area contributed by atoms with E-state index in [4.69, 9.17) is 0 Å². The summed E-state index contributed by atoms with van der Waals surface area (Å²) in [6.45, 7) is 1.85. The second-order valence-corrected chi connectivity index (χ2v) is 6.71. The molecule has 0 spiro atoms. The van der Waals surface area contributed by atoms with Crippen LogP contribution < -0.4 is 15.8 Å². The van der Waals surface area contributed by atoms with E-state index in [9.17, 15) is 9.59 Å². The van der Waals surface area contributed by atoms with Crippen LogP contribution in [0, 0.1) is 5.92 Å². The van der Waals surface area contributed by atoms with Crippen LogP contribution in [0.1, 0.15) is 34.3 Å². The van der Waals surface area contributed by atoms with E-state index >= 15 is 0 Å². The summed E-state index contributed by atoms with van der Waals surface area (Å²) in [6, 6.07) is 16.0. The molecule has 1 fully saturated rings. The zero-order valence-electron chi connectivity index (χ0n) is 14.0. The van der Waals surface area contributed by atoms with Crippen LogP contribution in [0.3, 0.4) is 0 Å². The molecule has 0 saturated heterocycles. The van der Waals surface area contributed by atoms with Crippen LogP contribution in [0.25, 0.3) is 0 Å². The lowest BCUT2D eigenvalue weighted by atomic mass is 10.1. The molecule has 5 nitrogen and oxygen atoms in total. The number of nitrogens with zero attached hydrogens (tertiary/aromatic N) is 1. The summed E-state index contributed by atoms with van der Waals surface area (Å²) >= 11 is 0. The molecule has 2 aliphatic rings. The molecule has 0 radical (unpaired) electrons. The molecule has 0 aromatic heterocycles. The molecule has 2 aromatic rings. The Balaban J connectivity index is 1.35. The van der Waals surface area contributed by atoms with Gasteiger partial charge < -0.3 is 4.90 Å². The minimum atomic E-state index is -0.285. The summed E-state index contributed by atoms with van der Waals surface area (Å²) in [5.74, 6) is -0.309. The van der Waals surface area contributed by atoms with Gasteiger partial charge in [-0.3, -0.25) is 20.4 Å². The first-order chi connectivity index (χ1) is 12.2. The lowest BCUT2D eigenvalue weighted by Gasteiger charge is -2.19. The number of nitrogens with one attached hydrogen (secondary N) is 2. The first kappa shape index (κ1) is 15.7. The van der Waals surface area contributed by atoms with Crippen molar-refractivity contribution in [2.75, 3.05) is 11.4 Å². The van der Waals surface area contributed by atoms with Crippen molar-refractivity contribution in [3.05, 3.63) is 65.2 Å². The third kappa shape index (κ3) is 3.50. The Hall–Kier alpha value is -2.82. The SMILES string of the molecule is O=C(NNC(=O)C1CC1)c1ccc(CN2CCc3ccccc32)cc1. The Morgan fingerprint density at radius 3 is 2.52 bits per heavy atom. The van der Waals surface area contributed by atoms with E-state index in [0.717, 1.165) is 37.9 Å². The highest BCUT2D eigenvalue weighted by atomic mass is 16.2. The van der Waals surface area contributed by atoms with Crippen molar-refractivity contribution < 1.29 is 9.59 Å². The van der Waals surface area contributed by atoms with Gasteiger partial charge in [0.25, 0.3) is 5.91 Å². The number of anilines is 1. The molecule has 25 heavy (non-hydrogen) atoms. The maximum atomic E-state index is 12.1. The van der Waals surface area contributed by atoms with E-state index in [0.29, 0.717) is 5.56 Å². The molecule has 128 valence electrons. The van der Waals surface area contributed by atoms with Gasteiger partial charge in [-0.1, -0.05) is 30.3 Å². The topological polar surface area (TPSA) is 61.4 Å². The van der Waals surface area contributed by atoms with Crippen molar-refractivity contribution in [1.82, 2.24) is 10.9 Å². The summed E-state index contributed by atoms with van der Waals surface area (Å²) in [5.41, 5.74) is 9.35. The quantitative estimate of drug-likeness (QED) is 0.844. The Morgan fingerprint density at radius 1 is 1.00 bits per heavy atom. The number of hydrogen-bond acceptors (Lipinski definition) is 3. The van der Waals surface area contributed by atoms with Gasteiger partial charge in [-0.2, -0.15) is 0 Å². The first-order valence-electron chi connectivity index (χ1n) is 8.73. The number of rotatable bonds is 4. The van der Waals surface area contributed by atoms with Gasteiger partial charge >= 0.3 is 0 Å². The summed E-state index contributed by atoms with van der Waals surface area (Å²) in [5, 5.41) is 0. The molecule has 2 amide bonds. The molecular formula is C20H21N3O2. The van der Waals surface area contributed by atoms with Gasteiger partial charge in [0.2, 0.25) is 5.91 Å². The van der Waals surface area contributed by atoms with Crippen LogP contribution in [-0.2, 0) is 17.8 Å². The Morgan fingerprint density at radius 2 is 1.76 bits per heavy atom. The van der Waals surface area contributed by atoms with Gasteiger partial charge in [-0.25, -0.2) is 0 Å². The van der Waals surface area contributed by atoms with E-state index in [1.165, 1.54) is 11.3 Å². The highest BCUT2D eigenvalue weighted by Crippen LogP contribution is 2.29. The van der Waals surface area contributed by atoms with Gasteiger partial charge in [0.1, 0.15) is 0 Å². The van der Waals surface area contributed by atoms with Crippen LogP contribution in [0.5, 0.6) is 0 Å². The monoisotopic (exact) mass is 335 g/mol. The molecule has 1 aliphatic heterocycles. The van der Waals surface area contributed by atoms with Crippen LogP contribution in [0.15, 0.2) is 48.5 Å². The number of hydrogen-bond donors (Lipinski definition) is 2. The number of benzene rings is 2. The fraction of sp³-hybridized carbons (Fsp3) is 0.300. The van der Waals surface area contributed by atoms with Gasteiger partial charge in [0.05, 0.1) is 0 Å². The lowest BCUT2D eigenvalue weighted by Crippen LogP contribution is -2.42. The second-order valence-electron chi connectivity index (χ2n) is 6.71. The van der Waals surface area contributed by atoms with Crippen molar-refractivity contribution in [3.8, 4) is 0 Å². The largest absolute Gasteiger partial charge is 0.367 e. The zero-order chi connectivity index (χ0) is 17.2. The third-order valence-electron chi connectivity index (χ3n) is 4.82. The van der Waals surface area contributed by atoms with Gasteiger partial charge in [-0.05, 0) is 48.6 Å². The minimum absolute atomic E-state index is 0.0750. The van der Waals surface area contributed by atoms with Gasteiger partial charge in [0, 0.05) is 30.3 Å². The highest BCUT2D eigenvalue weighted by Gasteiger charge is 2.29. The van der Waals surface area contributed by atoms with Crippen molar-refractivity contribution in [2.45, 2.75) is 25.8 Å². The highest BCUT2D eigenvalue weighted by molar-refractivity contribution is 5.95. The average Bonchev–Trinajstić information content (AvgIpc) is 3.43. The molecule has 0 bridgehead atoms. The number of carbonyl (C=O) groups is 2. The van der Waals surface area contributed by atoms with E-state index in [1.54, 1.807) is 12.1 Å². The summed E-state index contributed by atoms with van der Waals surface area (Å²) in [7, 11) is 0. The van der Waals surface area contributed by atoms with Crippen LogP contribution in [0.4, 0.5) is 5.69 Å². The van der Waals surface area contributed by atoms with E-state index in [-0.39, 0.29) is 17.7 Å². The molecule has 1 aliphatic carbocycles. The summed E-state index contributed by atoms with van der Waals surface area (Å²) < 4.78 is 0. The minimum Gasteiger partial charge on any atom is -0.367 e. The standard InChI is InChI=1S/C20H21N3O2/c24-19(21-22-20(25)17-9-10-17)16-7-5-14(6-8-16)13-23-12-11-15-3-1-2-4-18(15)23/h1-8,17H,9-13H2,(H,21,24)(H,22,25). The van der Waals surface area contributed by atoms with Crippen LogP contribution >= 0.6 is 0 Å². The fourth-order valence-electron chi connectivity index (χ4n) is 3.19. The Labute approximate surface area is 147 Å². The normalized spacial score (nSPS) is 15.6. The molecule has 1 saturated carbocycles. The molecule has 2 N–H and O–H groups in total. The van der Waals surface area contributed by atoms with E-state index in [2.05, 4.69) is 40.0 Å². The number of fused-ring (bicyclic) bond motifs is 1. The summed E-state index contributed by atoms with van der Waals surface area (Å²) in [6.07, 6.45) is 2.91. The lowest BCUT2D eigenvalue weighted by molar-refractivity contribution is -0.123. The number of hydrazine groups is 1. The molecule has 2 aromatic carbocycles. The molecular weight excluding hydrogens is 314 g/mol. The fourth-order valence-corrected chi connectivity index (χ4v) is 3.19. The first-order valence-corrected chi connectivity index (χ1v) is 8.73. The van der Waals surface area contributed by atoms with Crippen molar-refractivity contribution in [3.63, 3.8) is 0 Å². The van der Waals surface area contributed by atoms with Crippen LogP contribution in [0.2, 0.25) is 0 Å². The molecule has 0 unspecified atom stereocenters. The smallest absolute Gasteiger partial charge is 0.269 e. The number of carbonyl (C=O) groups excluding carboxylic acids is 2. The van der Waals surface area contributed by atoms with Crippen molar-refractivity contribution >= 4 is 17.5 Å². The zero-order valence-corrected chi connectivity index (χ0v) is 14.0. The van der Waals surface area contributed by atoms with Crippen molar-refractivity contribution in [2.24, 2.45) is 5.92 Å². The molecule has 4 rings (SSSR count). The average molecular weight is 335 g/mol. The number of para-hydroxylation sites is 1.